The Labute approximate surface area is 347 Å². The van der Waals surface area contributed by atoms with Gasteiger partial charge in [-0.1, -0.05) is 76.3 Å². The quantitative estimate of drug-likeness (QED) is 0.203. The molecule has 1 aromatic rings. The summed E-state index contributed by atoms with van der Waals surface area (Å²) in [5.74, 6) is -9.14. The maximum atomic E-state index is 14.4. The molecule has 0 fully saturated rings. The molecule has 59 heavy (non-hydrogen) atoms. The lowest BCUT2D eigenvalue weighted by atomic mass is 9.79. The van der Waals surface area contributed by atoms with E-state index < -0.39 is 116 Å². The number of Topliss-reactive ketones (excluding diaryl/α,β-unsaturated/α-hetero) is 4. The number of aryl methyl sites for hydroxylation is 1. The zero-order chi connectivity index (χ0) is 44.3. The number of nitrogens with one attached hydrogen (secondary N) is 2. The van der Waals surface area contributed by atoms with Gasteiger partial charge in [-0.15, -0.1) is 11.8 Å². The molecule has 15 heteroatoms. The minimum absolute atomic E-state index is 0.0750. The van der Waals surface area contributed by atoms with Crippen molar-refractivity contribution in [1.29, 1.82) is 0 Å². The third-order valence-electron chi connectivity index (χ3n) is 10.2. The van der Waals surface area contributed by atoms with E-state index in [1.54, 1.807) is 65.0 Å². The highest BCUT2D eigenvalue weighted by molar-refractivity contribution is 8.04. The normalized spacial score (nSPS) is 29.2. The van der Waals surface area contributed by atoms with Crippen LogP contribution in [0.15, 0.2) is 76.9 Å². The summed E-state index contributed by atoms with van der Waals surface area (Å²) in [6.45, 7) is 10.8. The fourth-order valence-corrected chi connectivity index (χ4v) is 7.66. The van der Waals surface area contributed by atoms with Gasteiger partial charge in [-0.2, -0.15) is 0 Å². The van der Waals surface area contributed by atoms with Crippen molar-refractivity contribution in [1.82, 2.24) is 10.6 Å². The monoisotopic (exact) mass is 834 g/mol. The molecule has 1 aromatic carbocycles. The van der Waals surface area contributed by atoms with E-state index in [0.717, 1.165) is 13.0 Å². The van der Waals surface area contributed by atoms with Crippen LogP contribution in [0.3, 0.4) is 0 Å². The zero-order valence-corrected chi connectivity index (χ0v) is 35.0. The van der Waals surface area contributed by atoms with E-state index in [2.05, 4.69) is 10.6 Å². The van der Waals surface area contributed by atoms with Crippen LogP contribution < -0.4 is 10.6 Å². The second-order valence-electron chi connectivity index (χ2n) is 15.2. The second-order valence-corrected chi connectivity index (χ2v) is 16.2. The van der Waals surface area contributed by atoms with Gasteiger partial charge in [0.1, 0.15) is 17.5 Å². The number of carboxylic acid groups (broad SMARTS) is 1. The molecular formula is C44H54N2O12S. The first-order chi connectivity index (χ1) is 27.7. The zero-order valence-electron chi connectivity index (χ0n) is 34.2. The average Bonchev–Trinajstić information content (AvgIpc) is 3.17. The predicted molar refractivity (Wildman–Crippen MR) is 223 cm³/mol. The third-order valence-corrected chi connectivity index (χ3v) is 11.4. The van der Waals surface area contributed by atoms with Gasteiger partial charge < -0.3 is 36.2 Å². The van der Waals surface area contributed by atoms with Crippen molar-refractivity contribution >= 4 is 52.7 Å². The standard InChI is InChI=1S/C44H54N2O12S/c1-22-12-10-8-9-11-13-34(51)46-37-41(55)30-19-27(6)40(54)36(35(30)42(56)43(37)59-21-31(44(57)58)45-28(7)47)39(53)26(5)18-25(4)38(52)24(3)15-17-29(48)16-14-23(2)33(50)20-32(22)49/h8-15,17,19,22,24-26,29,31-32,38,48-49,52,54H,16,18,20-21H2,1-7H3,(H,45,47)(H,46,51)(H,57,58)/b9-8-,12-10-,13-11-,17-15-,23-14-/t22-,24+,25+,26?,29?,31?,32+,38-/m1/s1. The van der Waals surface area contributed by atoms with Gasteiger partial charge in [-0.05, 0) is 49.8 Å². The lowest BCUT2D eigenvalue weighted by molar-refractivity contribution is -0.140. The number of allylic oxidation sites excluding steroid dienone is 7. The Bertz CT molecular complexity index is 2030. The van der Waals surface area contributed by atoms with Gasteiger partial charge in [0.05, 0.1) is 28.8 Å². The van der Waals surface area contributed by atoms with Crippen LogP contribution in [0, 0.1) is 30.6 Å². The minimum atomic E-state index is -1.51. The molecule has 0 saturated carbocycles. The number of aromatic hydroxyl groups is 1. The van der Waals surface area contributed by atoms with Gasteiger partial charge in [-0.25, -0.2) is 4.79 Å². The first kappa shape index (κ1) is 48.2. The minimum Gasteiger partial charge on any atom is -0.507 e. The summed E-state index contributed by atoms with van der Waals surface area (Å²) in [7, 11) is 0. The van der Waals surface area contributed by atoms with E-state index >= 15 is 0 Å². The molecule has 0 spiro atoms. The van der Waals surface area contributed by atoms with Gasteiger partial charge in [0.2, 0.25) is 23.4 Å². The highest BCUT2D eigenvalue weighted by Crippen LogP contribution is 2.40. The fraction of sp³-hybridized carbons (Fsp3) is 0.432. The van der Waals surface area contributed by atoms with Gasteiger partial charge in [0, 0.05) is 54.1 Å². The number of aliphatic carboxylic acids is 1. The molecule has 318 valence electrons. The Morgan fingerprint density at radius 1 is 0.898 bits per heavy atom. The molecule has 4 bridgehead atoms. The molecule has 14 nitrogen and oxygen atoms in total. The maximum Gasteiger partial charge on any atom is 0.327 e. The number of hydrogen-bond donors (Lipinski definition) is 7. The molecule has 1 aliphatic carbocycles. The van der Waals surface area contributed by atoms with E-state index in [-0.39, 0.29) is 36.2 Å². The van der Waals surface area contributed by atoms with Crippen LogP contribution in [0.5, 0.6) is 5.75 Å². The molecule has 3 unspecified atom stereocenters. The van der Waals surface area contributed by atoms with E-state index in [1.807, 2.05) is 0 Å². The Balaban J connectivity index is 2.15. The van der Waals surface area contributed by atoms with Crippen molar-refractivity contribution in [2.75, 3.05) is 5.75 Å². The fourth-order valence-electron chi connectivity index (χ4n) is 6.58. The molecule has 2 aliphatic heterocycles. The van der Waals surface area contributed by atoms with Crippen molar-refractivity contribution in [2.45, 2.75) is 92.1 Å². The first-order valence-electron chi connectivity index (χ1n) is 19.3. The highest BCUT2D eigenvalue weighted by Gasteiger charge is 2.40. The molecule has 2 heterocycles. The Kier molecular flexibility index (Phi) is 17.7. The summed E-state index contributed by atoms with van der Waals surface area (Å²) in [6, 6.07) is -0.286. The van der Waals surface area contributed by atoms with Crippen LogP contribution in [0.4, 0.5) is 0 Å². The number of amides is 2. The van der Waals surface area contributed by atoms with Crippen molar-refractivity contribution < 1.29 is 59.1 Å². The summed E-state index contributed by atoms with van der Waals surface area (Å²) in [4.78, 5) is 92.1. The van der Waals surface area contributed by atoms with E-state index in [9.17, 15) is 59.1 Å². The predicted octanol–water partition coefficient (Wildman–Crippen LogP) is 4.46. The van der Waals surface area contributed by atoms with Crippen LogP contribution in [-0.2, 0) is 19.2 Å². The number of hydrogen-bond acceptors (Lipinski definition) is 12. The smallest absolute Gasteiger partial charge is 0.327 e. The molecule has 0 radical (unpaired) electrons. The number of phenolic OH excluding ortho intramolecular Hbond substituents is 1. The number of fused-ring (bicyclic) bond motifs is 19. The number of benzene rings is 1. The lowest BCUT2D eigenvalue weighted by Crippen LogP contribution is -2.42. The Hall–Kier alpha value is -5.22. The molecule has 3 aliphatic rings. The summed E-state index contributed by atoms with van der Waals surface area (Å²) in [5.41, 5.74) is -1.17. The van der Waals surface area contributed by atoms with Crippen molar-refractivity contribution in [3.05, 3.63) is 99.2 Å². The number of ketones is 4. The van der Waals surface area contributed by atoms with Gasteiger partial charge in [0.25, 0.3) is 0 Å². The summed E-state index contributed by atoms with van der Waals surface area (Å²) in [5, 5.41) is 58.1. The topological polar surface area (TPSA) is 245 Å². The first-order valence-corrected chi connectivity index (χ1v) is 20.3. The SMILES string of the molecule is CC(=O)NC(CSC1=C2NC(=O)\C=C/C=C\C=C/[C@@H](C)[C@@H](O)CC(=O)/C(C)=C\CC(O)/C=C\[C@H](C)[C@@H](O)[C@@H](C)CC(C)C(=O)c3c(O)c(C)cc(c3C1=O)C2=O)C(=O)O. The molecule has 0 aromatic heterocycles. The van der Waals surface area contributed by atoms with Crippen LogP contribution >= 0.6 is 11.8 Å². The summed E-state index contributed by atoms with van der Waals surface area (Å²) < 4.78 is 0. The van der Waals surface area contributed by atoms with E-state index in [4.69, 9.17) is 0 Å². The average molecular weight is 835 g/mol. The molecule has 8 atom stereocenters. The number of carbonyl (C=O) groups excluding carboxylic acids is 6. The van der Waals surface area contributed by atoms with E-state index in [0.29, 0.717) is 17.3 Å². The van der Waals surface area contributed by atoms with Crippen molar-refractivity contribution in [3.8, 4) is 5.75 Å². The van der Waals surface area contributed by atoms with Gasteiger partial charge >= 0.3 is 5.97 Å². The number of phenols is 1. The molecule has 7 N–H and O–H groups in total. The molecule has 2 amide bonds. The number of carbonyl (C=O) groups is 7. The van der Waals surface area contributed by atoms with Gasteiger partial charge in [0.15, 0.2) is 11.6 Å². The highest BCUT2D eigenvalue weighted by atomic mass is 32.2. The van der Waals surface area contributed by atoms with E-state index in [1.165, 1.54) is 31.2 Å². The number of aliphatic hydroxyl groups excluding tert-OH is 3. The Morgan fingerprint density at radius 2 is 1.56 bits per heavy atom. The Morgan fingerprint density at radius 3 is 2.20 bits per heavy atom. The van der Waals surface area contributed by atoms with Crippen LogP contribution in [0.1, 0.15) is 97.4 Å². The summed E-state index contributed by atoms with van der Waals surface area (Å²) >= 11 is 0.570. The van der Waals surface area contributed by atoms with Crippen molar-refractivity contribution in [2.24, 2.45) is 23.7 Å². The molecule has 0 saturated heterocycles. The van der Waals surface area contributed by atoms with Crippen molar-refractivity contribution in [3.63, 3.8) is 0 Å². The van der Waals surface area contributed by atoms with Crippen LogP contribution in [0.2, 0.25) is 0 Å². The molecular weight excluding hydrogens is 781 g/mol. The maximum absolute atomic E-state index is 14.4. The number of thioether (sulfide) groups is 1. The number of rotatable bonds is 5. The summed E-state index contributed by atoms with van der Waals surface area (Å²) in [6.07, 6.45) is 10.4. The van der Waals surface area contributed by atoms with Gasteiger partial charge in [-0.3, -0.25) is 28.8 Å². The largest absolute Gasteiger partial charge is 0.507 e. The second kappa shape index (κ2) is 21.7. The third kappa shape index (κ3) is 12.9. The number of carboxylic acids is 1. The molecule has 4 rings (SSSR count). The lowest BCUT2D eigenvalue weighted by Gasteiger charge is -2.27. The van der Waals surface area contributed by atoms with Crippen LogP contribution in [-0.4, -0.2) is 96.6 Å². The van der Waals surface area contributed by atoms with Crippen LogP contribution in [0.25, 0.3) is 0 Å². The number of aliphatic hydroxyl groups is 3.